The van der Waals surface area contributed by atoms with Gasteiger partial charge in [0.1, 0.15) is 5.75 Å². The lowest BCUT2D eigenvalue weighted by Gasteiger charge is -2.25. The Labute approximate surface area is 152 Å². The molecule has 0 aromatic heterocycles. The van der Waals surface area contributed by atoms with Crippen molar-refractivity contribution in [2.45, 2.75) is 24.8 Å². The minimum absolute atomic E-state index is 0.0922. The van der Waals surface area contributed by atoms with Crippen LogP contribution in [0.2, 0.25) is 0 Å². The molecule has 0 heterocycles. The lowest BCUT2D eigenvalue weighted by atomic mass is 10.1. The monoisotopic (exact) mass is 360 g/mol. The summed E-state index contributed by atoms with van der Waals surface area (Å²) in [7, 11) is 0. The summed E-state index contributed by atoms with van der Waals surface area (Å²) in [6, 6.07) is 13.9. The third-order valence-corrected chi connectivity index (χ3v) is 4.70. The molecule has 0 saturated heterocycles. The van der Waals surface area contributed by atoms with Crippen LogP contribution in [0.5, 0.6) is 5.75 Å². The average Bonchev–Trinajstić information content (AvgIpc) is 2.61. The van der Waals surface area contributed by atoms with E-state index in [4.69, 9.17) is 0 Å². The van der Waals surface area contributed by atoms with E-state index in [-0.39, 0.29) is 18.3 Å². The number of carbonyl (C=O) groups excluding carboxylic acids is 1. The van der Waals surface area contributed by atoms with Gasteiger partial charge in [0.2, 0.25) is 0 Å². The van der Waals surface area contributed by atoms with E-state index in [1.807, 2.05) is 31.2 Å². The molecule has 6 heteroatoms. The van der Waals surface area contributed by atoms with Crippen molar-refractivity contribution < 1.29 is 15.0 Å². The highest BCUT2D eigenvalue weighted by Crippen LogP contribution is 2.27. The first kappa shape index (κ1) is 19.1. The predicted octanol–water partition coefficient (Wildman–Crippen LogP) is 4.09. The van der Waals surface area contributed by atoms with Gasteiger partial charge in [-0.15, -0.1) is 11.8 Å². The predicted molar refractivity (Wildman–Crippen MR) is 102 cm³/mol. The highest BCUT2D eigenvalue weighted by atomic mass is 32.2. The molecule has 0 bridgehead atoms. The van der Waals surface area contributed by atoms with E-state index in [0.717, 1.165) is 16.3 Å². The third kappa shape index (κ3) is 5.41. The number of amides is 2. The summed E-state index contributed by atoms with van der Waals surface area (Å²) < 4.78 is 0. The van der Waals surface area contributed by atoms with E-state index in [0.29, 0.717) is 12.1 Å². The van der Waals surface area contributed by atoms with E-state index in [2.05, 4.69) is 12.2 Å². The number of phenolic OH excluding ortho intramolecular Hbond substituents is 1. The van der Waals surface area contributed by atoms with Crippen molar-refractivity contribution in [2.24, 2.45) is 0 Å². The molecule has 134 valence electrons. The van der Waals surface area contributed by atoms with Crippen molar-refractivity contribution >= 4 is 23.5 Å². The minimum Gasteiger partial charge on any atom is -0.508 e. The fraction of sp³-hybridized carbons (Fsp3) is 0.316. The van der Waals surface area contributed by atoms with Crippen molar-refractivity contribution in [2.75, 3.05) is 24.2 Å². The van der Waals surface area contributed by atoms with Crippen LogP contribution in [0.4, 0.5) is 10.5 Å². The number of rotatable bonds is 7. The SMILES string of the molecule is CCSc1ccccc1NC(=O)N(CC)CC(O)c1cccc(O)c1. The van der Waals surface area contributed by atoms with Gasteiger partial charge in [0.15, 0.2) is 0 Å². The van der Waals surface area contributed by atoms with Gasteiger partial charge in [0, 0.05) is 11.4 Å². The maximum Gasteiger partial charge on any atom is 0.321 e. The van der Waals surface area contributed by atoms with E-state index in [1.54, 1.807) is 34.9 Å². The Balaban J connectivity index is 2.06. The zero-order valence-electron chi connectivity index (χ0n) is 14.5. The highest BCUT2D eigenvalue weighted by Gasteiger charge is 2.18. The number of urea groups is 1. The normalized spacial score (nSPS) is 11.8. The van der Waals surface area contributed by atoms with Gasteiger partial charge < -0.3 is 20.4 Å². The Morgan fingerprint density at radius 1 is 1.20 bits per heavy atom. The second kappa shape index (κ2) is 9.34. The maximum atomic E-state index is 12.6. The summed E-state index contributed by atoms with van der Waals surface area (Å²) in [4.78, 5) is 15.1. The smallest absolute Gasteiger partial charge is 0.321 e. The first-order valence-corrected chi connectivity index (χ1v) is 9.28. The summed E-state index contributed by atoms with van der Waals surface area (Å²) >= 11 is 1.67. The number of aromatic hydroxyl groups is 1. The molecule has 2 aromatic rings. The number of nitrogens with one attached hydrogen (secondary N) is 1. The van der Waals surface area contributed by atoms with Crippen LogP contribution in [0, 0.1) is 0 Å². The molecule has 2 amide bonds. The van der Waals surface area contributed by atoms with Crippen molar-refractivity contribution in [1.29, 1.82) is 0 Å². The highest BCUT2D eigenvalue weighted by molar-refractivity contribution is 7.99. The molecule has 2 aromatic carbocycles. The molecule has 25 heavy (non-hydrogen) atoms. The largest absolute Gasteiger partial charge is 0.508 e. The number of nitrogens with zero attached hydrogens (tertiary/aromatic N) is 1. The maximum absolute atomic E-state index is 12.6. The molecule has 3 N–H and O–H groups in total. The van der Waals surface area contributed by atoms with Gasteiger partial charge in [0.05, 0.1) is 18.3 Å². The molecule has 0 aliphatic carbocycles. The van der Waals surface area contributed by atoms with Crippen molar-refractivity contribution in [1.82, 2.24) is 4.90 Å². The molecule has 0 fully saturated rings. The van der Waals surface area contributed by atoms with E-state index in [1.165, 1.54) is 6.07 Å². The third-order valence-electron chi connectivity index (χ3n) is 3.75. The minimum atomic E-state index is -0.863. The van der Waals surface area contributed by atoms with Crippen molar-refractivity contribution in [3.05, 3.63) is 54.1 Å². The second-order valence-electron chi connectivity index (χ2n) is 5.51. The molecule has 2 rings (SSSR count). The number of likely N-dealkylation sites (N-methyl/N-ethyl adjacent to an activating group) is 1. The van der Waals surface area contributed by atoms with Crippen LogP contribution in [0.1, 0.15) is 25.5 Å². The lowest BCUT2D eigenvalue weighted by molar-refractivity contribution is 0.128. The lowest BCUT2D eigenvalue weighted by Crippen LogP contribution is -2.37. The van der Waals surface area contributed by atoms with Gasteiger partial charge in [-0.25, -0.2) is 4.79 Å². The number of carbonyl (C=O) groups is 1. The Bertz CT molecular complexity index is 709. The summed E-state index contributed by atoms with van der Waals surface area (Å²) in [5.41, 5.74) is 1.35. The molecule has 0 aliphatic heterocycles. The molecule has 1 unspecified atom stereocenters. The fourth-order valence-corrected chi connectivity index (χ4v) is 3.21. The zero-order chi connectivity index (χ0) is 18.2. The molecular weight excluding hydrogens is 336 g/mol. The van der Waals surface area contributed by atoms with Crippen molar-refractivity contribution in [3.63, 3.8) is 0 Å². The van der Waals surface area contributed by atoms with Gasteiger partial charge in [-0.05, 0) is 42.5 Å². The summed E-state index contributed by atoms with van der Waals surface area (Å²) in [5.74, 6) is 1.01. The fourth-order valence-electron chi connectivity index (χ4n) is 2.45. The van der Waals surface area contributed by atoms with Crippen LogP contribution >= 0.6 is 11.8 Å². The number of hydrogen-bond acceptors (Lipinski definition) is 4. The number of anilines is 1. The standard InChI is InChI=1S/C19H24N2O3S/c1-3-21(13-17(23)14-8-7-9-15(22)12-14)19(24)20-16-10-5-6-11-18(16)25-4-2/h5-12,17,22-23H,3-4,13H2,1-2H3,(H,20,24). The number of benzene rings is 2. The molecule has 0 aliphatic rings. The van der Waals surface area contributed by atoms with Gasteiger partial charge in [0.25, 0.3) is 0 Å². The van der Waals surface area contributed by atoms with E-state index < -0.39 is 6.10 Å². The first-order chi connectivity index (χ1) is 12.0. The average molecular weight is 360 g/mol. The van der Waals surface area contributed by atoms with Crippen LogP contribution < -0.4 is 5.32 Å². The quantitative estimate of drug-likeness (QED) is 0.650. The van der Waals surface area contributed by atoms with Gasteiger partial charge in [-0.3, -0.25) is 0 Å². The van der Waals surface area contributed by atoms with Crippen LogP contribution in [0.3, 0.4) is 0 Å². The van der Waals surface area contributed by atoms with Gasteiger partial charge in [-0.1, -0.05) is 31.2 Å². The number of aliphatic hydroxyl groups excluding tert-OH is 1. The summed E-state index contributed by atoms with van der Waals surface area (Å²) in [5, 5.41) is 22.8. The topological polar surface area (TPSA) is 72.8 Å². The Morgan fingerprint density at radius 3 is 2.64 bits per heavy atom. The van der Waals surface area contributed by atoms with Crippen LogP contribution in [0.15, 0.2) is 53.4 Å². The van der Waals surface area contributed by atoms with E-state index in [9.17, 15) is 15.0 Å². The molecule has 5 nitrogen and oxygen atoms in total. The van der Waals surface area contributed by atoms with Crippen LogP contribution in [0.25, 0.3) is 0 Å². The van der Waals surface area contributed by atoms with Gasteiger partial charge in [-0.2, -0.15) is 0 Å². The number of aliphatic hydroxyl groups is 1. The Morgan fingerprint density at radius 2 is 1.96 bits per heavy atom. The Hall–Kier alpha value is -2.18. The summed E-state index contributed by atoms with van der Waals surface area (Å²) in [6.45, 7) is 4.54. The zero-order valence-corrected chi connectivity index (χ0v) is 15.3. The second-order valence-corrected chi connectivity index (χ2v) is 6.81. The molecule has 0 spiro atoms. The van der Waals surface area contributed by atoms with Crippen LogP contribution in [-0.2, 0) is 0 Å². The number of para-hydroxylation sites is 1. The molecule has 1 atom stereocenters. The van der Waals surface area contributed by atoms with E-state index >= 15 is 0 Å². The Kier molecular flexibility index (Phi) is 7.16. The number of thioether (sulfide) groups is 1. The molecule has 0 radical (unpaired) electrons. The molecular formula is C19H24N2O3S. The number of phenols is 1. The number of hydrogen-bond donors (Lipinski definition) is 3. The first-order valence-electron chi connectivity index (χ1n) is 8.29. The van der Waals surface area contributed by atoms with Crippen molar-refractivity contribution in [3.8, 4) is 5.75 Å². The summed E-state index contributed by atoms with van der Waals surface area (Å²) in [6.07, 6.45) is -0.863. The van der Waals surface area contributed by atoms with Gasteiger partial charge >= 0.3 is 6.03 Å². The molecule has 0 saturated carbocycles. The van der Waals surface area contributed by atoms with Crippen LogP contribution in [-0.4, -0.2) is 40.0 Å².